The van der Waals surface area contributed by atoms with Gasteiger partial charge in [0.2, 0.25) is 11.8 Å². The van der Waals surface area contributed by atoms with Gasteiger partial charge in [-0.15, -0.1) is 11.3 Å². The highest BCUT2D eigenvalue weighted by molar-refractivity contribution is 7.18. The van der Waals surface area contributed by atoms with Gasteiger partial charge in [0.25, 0.3) is 5.56 Å². The summed E-state index contributed by atoms with van der Waals surface area (Å²) in [7, 11) is 0. The lowest BCUT2D eigenvalue weighted by molar-refractivity contribution is -0.137. The number of halogens is 3. The summed E-state index contributed by atoms with van der Waals surface area (Å²) in [6.45, 7) is -0.0526. The highest BCUT2D eigenvalue weighted by Gasteiger charge is 2.33. The van der Waals surface area contributed by atoms with Gasteiger partial charge >= 0.3 is 6.18 Å². The van der Waals surface area contributed by atoms with Gasteiger partial charge in [0, 0.05) is 17.8 Å². The fourth-order valence-electron chi connectivity index (χ4n) is 4.03. The Kier molecular flexibility index (Phi) is 7.01. The molecule has 180 valence electrons. The zero-order chi connectivity index (χ0) is 24.3. The monoisotopic (exact) mass is 492 g/mol. The van der Waals surface area contributed by atoms with Gasteiger partial charge in [-0.1, -0.05) is 12.1 Å². The first-order valence-electron chi connectivity index (χ1n) is 11.0. The molecule has 3 aromatic rings. The molecule has 2 aromatic heterocycles. The zero-order valence-corrected chi connectivity index (χ0v) is 19.0. The van der Waals surface area contributed by atoms with Crippen LogP contribution >= 0.6 is 11.3 Å². The second-order valence-corrected chi connectivity index (χ2v) is 9.20. The Balaban J connectivity index is 1.28. The van der Waals surface area contributed by atoms with E-state index < -0.39 is 23.6 Å². The Morgan fingerprint density at radius 1 is 1.12 bits per heavy atom. The number of alkyl halides is 3. The van der Waals surface area contributed by atoms with Crippen molar-refractivity contribution in [2.24, 2.45) is 0 Å². The van der Waals surface area contributed by atoms with Crippen molar-refractivity contribution in [3.8, 4) is 0 Å². The van der Waals surface area contributed by atoms with Crippen molar-refractivity contribution in [3.05, 3.63) is 57.0 Å². The second-order valence-electron chi connectivity index (χ2n) is 8.11. The molecule has 0 aliphatic heterocycles. The number of para-hydroxylation sites is 1. The number of rotatable bonds is 7. The van der Waals surface area contributed by atoms with Gasteiger partial charge in [-0.25, -0.2) is 4.98 Å². The molecule has 0 atom stereocenters. The zero-order valence-electron chi connectivity index (χ0n) is 18.2. The van der Waals surface area contributed by atoms with Crippen molar-refractivity contribution in [3.63, 3.8) is 0 Å². The Hall–Kier alpha value is -3.21. The molecule has 0 spiro atoms. The van der Waals surface area contributed by atoms with Crippen LogP contribution in [0, 0.1) is 0 Å². The third-order valence-electron chi connectivity index (χ3n) is 5.67. The molecule has 1 aliphatic carbocycles. The summed E-state index contributed by atoms with van der Waals surface area (Å²) in [6, 6.07) is 4.75. The first-order chi connectivity index (χ1) is 16.2. The Bertz CT molecular complexity index is 1280. The van der Waals surface area contributed by atoms with Gasteiger partial charge in [0.15, 0.2) is 0 Å². The minimum Gasteiger partial charge on any atom is -0.355 e. The fraction of sp³-hybridized carbons (Fsp3) is 0.391. The molecule has 1 aromatic carbocycles. The summed E-state index contributed by atoms with van der Waals surface area (Å²) in [6.07, 6.45) is 0.890. The molecule has 2 N–H and O–H groups in total. The summed E-state index contributed by atoms with van der Waals surface area (Å²) < 4.78 is 40.4. The maximum Gasteiger partial charge on any atom is 0.418 e. The molecule has 2 amide bonds. The number of thiophene rings is 1. The maximum absolute atomic E-state index is 13.0. The molecule has 11 heteroatoms. The van der Waals surface area contributed by atoms with Gasteiger partial charge in [-0.05, 0) is 49.8 Å². The summed E-state index contributed by atoms with van der Waals surface area (Å²) in [5.74, 6) is -0.991. The largest absolute Gasteiger partial charge is 0.418 e. The van der Waals surface area contributed by atoms with E-state index in [1.165, 1.54) is 45.3 Å². The van der Waals surface area contributed by atoms with Crippen molar-refractivity contribution in [1.29, 1.82) is 0 Å². The predicted octanol–water partition coefficient (Wildman–Crippen LogP) is 3.89. The van der Waals surface area contributed by atoms with E-state index in [1.54, 1.807) is 0 Å². The van der Waals surface area contributed by atoms with Gasteiger partial charge in [0.1, 0.15) is 11.4 Å². The summed E-state index contributed by atoms with van der Waals surface area (Å²) in [4.78, 5) is 43.5. The predicted molar refractivity (Wildman–Crippen MR) is 123 cm³/mol. The van der Waals surface area contributed by atoms with Crippen LogP contribution in [0.2, 0.25) is 0 Å². The van der Waals surface area contributed by atoms with Crippen LogP contribution in [0.15, 0.2) is 35.4 Å². The SMILES string of the molecule is O=C(Cn1cnc2sc3c(c2c1=O)CCCC3)NCCCC(=O)Nc1ccccc1C(F)(F)F. The molecule has 0 unspecified atom stereocenters. The molecule has 1 aliphatic rings. The van der Waals surface area contributed by atoms with Gasteiger partial charge in [-0.3, -0.25) is 19.0 Å². The number of amides is 2. The van der Waals surface area contributed by atoms with Crippen LogP contribution in [-0.2, 0) is 35.2 Å². The minimum atomic E-state index is -4.57. The van der Waals surface area contributed by atoms with E-state index in [9.17, 15) is 27.6 Å². The van der Waals surface area contributed by atoms with Gasteiger partial charge in [0.05, 0.1) is 23.0 Å². The molecular formula is C23H23F3N4O3S. The van der Waals surface area contributed by atoms with E-state index in [0.717, 1.165) is 37.3 Å². The van der Waals surface area contributed by atoms with E-state index >= 15 is 0 Å². The standard InChI is InChI=1S/C23H23F3N4O3S/c24-23(25,26)15-7-2-3-8-16(15)29-18(31)10-5-11-27-19(32)12-30-13-28-21-20(22(30)33)14-6-1-4-9-17(14)34-21/h2-3,7-8,13H,1,4-6,9-12H2,(H,27,32)(H,29,31). The smallest absolute Gasteiger partial charge is 0.355 e. The van der Waals surface area contributed by atoms with Gasteiger partial charge in [-0.2, -0.15) is 13.2 Å². The maximum atomic E-state index is 13.0. The number of hydrogen-bond donors (Lipinski definition) is 2. The number of benzene rings is 1. The quantitative estimate of drug-likeness (QED) is 0.490. The summed E-state index contributed by atoms with van der Waals surface area (Å²) in [5.41, 5.74) is -0.402. The lowest BCUT2D eigenvalue weighted by Crippen LogP contribution is -2.33. The highest BCUT2D eigenvalue weighted by atomic mass is 32.1. The van der Waals surface area contributed by atoms with Crippen molar-refractivity contribution in [2.45, 2.75) is 51.2 Å². The van der Waals surface area contributed by atoms with Crippen LogP contribution in [0.3, 0.4) is 0 Å². The van der Waals surface area contributed by atoms with Crippen molar-refractivity contribution in [1.82, 2.24) is 14.9 Å². The van der Waals surface area contributed by atoms with Crippen molar-refractivity contribution >= 4 is 39.1 Å². The summed E-state index contributed by atoms with van der Waals surface area (Å²) >= 11 is 1.54. The first kappa shape index (κ1) is 23.9. The van der Waals surface area contributed by atoms with Crippen LogP contribution in [0.4, 0.5) is 18.9 Å². The fourth-order valence-corrected chi connectivity index (χ4v) is 5.25. The molecule has 0 radical (unpaired) electrons. The van der Waals surface area contributed by atoms with Crippen LogP contribution < -0.4 is 16.2 Å². The van der Waals surface area contributed by atoms with Crippen LogP contribution in [0.1, 0.15) is 41.7 Å². The number of carbonyl (C=O) groups excluding carboxylic acids is 2. The van der Waals surface area contributed by atoms with Crippen LogP contribution in [0.5, 0.6) is 0 Å². The average molecular weight is 493 g/mol. The number of aromatic nitrogens is 2. The van der Waals surface area contributed by atoms with E-state index in [4.69, 9.17) is 0 Å². The number of nitrogens with one attached hydrogen (secondary N) is 2. The van der Waals surface area contributed by atoms with Crippen LogP contribution in [0.25, 0.3) is 10.2 Å². The summed E-state index contributed by atoms with van der Waals surface area (Å²) in [5, 5.41) is 5.50. The van der Waals surface area contributed by atoms with Crippen molar-refractivity contribution in [2.75, 3.05) is 11.9 Å². The number of hydrogen-bond acceptors (Lipinski definition) is 5. The van der Waals surface area contributed by atoms with E-state index in [2.05, 4.69) is 15.6 Å². The topological polar surface area (TPSA) is 93.1 Å². The third kappa shape index (κ3) is 5.30. The number of carbonyl (C=O) groups is 2. The second kappa shape index (κ2) is 9.96. The van der Waals surface area contributed by atoms with Crippen LogP contribution in [-0.4, -0.2) is 27.9 Å². The van der Waals surface area contributed by atoms with E-state index in [-0.39, 0.29) is 37.2 Å². The molecule has 0 saturated heterocycles. The molecule has 2 heterocycles. The lowest BCUT2D eigenvalue weighted by atomic mass is 9.97. The number of fused-ring (bicyclic) bond motifs is 3. The Labute approximate surface area is 197 Å². The Morgan fingerprint density at radius 3 is 2.68 bits per heavy atom. The average Bonchev–Trinajstić information content (AvgIpc) is 3.18. The molecule has 34 heavy (non-hydrogen) atoms. The molecule has 4 rings (SSSR count). The molecule has 7 nitrogen and oxygen atoms in total. The molecular weight excluding hydrogens is 469 g/mol. The molecule has 0 fully saturated rings. The normalized spacial score (nSPS) is 13.5. The van der Waals surface area contributed by atoms with E-state index in [0.29, 0.717) is 10.2 Å². The number of aryl methyl sites for hydroxylation is 2. The van der Waals surface area contributed by atoms with Crippen molar-refractivity contribution < 1.29 is 22.8 Å². The number of nitrogens with zero attached hydrogens (tertiary/aromatic N) is 2. The first-order valence-corrected chi connectivity index (χ1v) is 11.8. The minimum absolute atomic E-state index is 0.0685. The number of anilines is 1. The lowest BCUT2D eigenvalue weighted by Gasteiger charge is -2.13. The Morgan fingerprint density at radius 2 is 1.88 bits per heavy atom. The molecule has 0 bridgehead atoms. The third-order valence-corrected chi connectivity index (χ3v) is 6.86. The van der Waals surface area contributed by atoms with Gasteiger partial charge < -0.3 is 10.6 Å². The highest BCUT2D eigenvalue weighted by Crippen LogP contribution is 2.35. The van der Waals surface area contributed by atoms with E-state index in [1.807, 2.05) is 0 Å². The molecule has 0 saturated carbocycles.